The standard InChI is InChI=1S/C9H10BrClN2O2/c1-9(2,15)8(14)13-5-3-4-12-7(11)6(5)10/h3-4,15H,1-2H3,(H,12,13,14). The van der Waals surface area contributed by atoms with Gasteiger partial charge < -0.3 is 10.4 Å². The fraction of sp³-hybridized carbons (Fsp3) is 0.333. The van der Waals surface area contributed by atoms with Crippen molar-refractivity contribution in [1.82, 2.24) is 4.98 Å². The summed E-state index contributed by atoms with van der Waals surface area (Å²) in [5, 5.41) is 12.2. The quantitative estimate of drug-likeness (QED) is 0.822. The summed E-state index contributed by atoms with van der Waals surface area (Å²) in [5.41, 5.74) is -0.961. The molecule has 0 radical (unpaired) electrons. The number of amides is 1. The van der Waals surface area contributed by atoms with Gasteiger partial charge >= 0.3 is 0 Å². The minimum Gasteiger partial charge on any atom is -0.381 e. The molecule has 0 spiro atoms. The number of aliphatic hydroxyl groups is 1. The molecule has 4 nitrogen and oxygen atoms in total. The van der Waals surface area contributed by atoms with E-state index in [1.165, 1.54) is 20.0 Å². The SMILES string of the molecule is CC(C)(O)C(=O)Nc1ccnc(Cl)c1Br. The average molecular weight is 294 g/mol. The molecule has 0 saturated carbocycles. The summed E-state index contributed by atoms with van der Waals surface area (Å²) in [7, 11) is 0. The van der Waals surface area contributed by atoms with Gasteiger partial charge in [-0.3, -0.25) is 4.79 Å². The maximum Gasteiger partial charge on any atom is 0.255 e. The molecule has 6 heteroatoms. The van der Waals surface area contributed by atoms with Crippen molar-refractivity contribution in [3.8, 4) is 0 Å². The first kappa shape index (κ1) is 12.4. The van der Waals surface area contributed by atoms with Crippen LogP contribution in [0.2, 0.25) is 5.15 Å². The number of carbonyl (C=O) groups excluding carboxylic acids is 1. The van der Waals surface area contributed by atoms with Crippen LogP contribution in [0.3, 0.4) is 0 Å². The first-order valence-corrected chi connectivity index (χ1v) is 5.33. The minimum atomic E-state index is -1.44. The fourth-order valence-electron chi connectivity index (χ4n) is 0.790. The number of anilines is 1. The number of nitrogens with zero attached hydrogens (tertiary/aromatic N) is 1. The van der Waals surface area contributed by atoms with E-state index in [1.54, 1.807) is 6.07 Å². The molecule has 0 fully saturated rings. The van der Waals surface area contributed by atoms with E-state index in [-0.39, 0.29) is 5.15 Å². The van der Waals surface area contributed by atoms with Gasteiger partial charge in [0.2, 0.25) is 0 Å². The minimum absolute atomic E-state index is 0.253. The Hall–Kier alpha value is -0.650. The molecule has 15 heavy (non-hydrogen) atoms. The number of carbonyl (C=O) groups is 1. The Labute approximate surface area is 101 Å². The van der Waals surface area contributed by atoms with Gasteiger partial charge in [-0.1, -0.05) is 11.6 Å². The Morgan fingerprint density at radius 2 is 2.27 bits per heavy atom. The number of rotatable bonds is 2. The van der Waals surface area contributed by atoms with Crippen LogP contribution >= 0.6 is 27.5 Å². The van der Waals surface area contributed by atoms with E-state index in [2.05, 4.69) is 26.2 Å². The summed E-state index contributed by atoms with van der Waals surface area (Å²) < 4.78 is 0.490. The highest BCUT2D eigenvalue weighted by atomic mass is 79.9. The average Bonchev–Trinajstić information content (AvgIpc) is 2.11. The highest BCUT2D eigenvalue weighted by Crippen LogP contribution is 2.28. The molecular formula is C9H10BrClN2O2. The molecule has 0 aliphatic rings. The second-order valence-electron chi connectivity index (χ2n) is 3.48. The van der Waals surface area contributed by atoms with Crippen LogP contribution in [-0.2, 0) is 4.79 Å². The molecule has 0 unspecified atom stereocenters. The first-order chi connectivity index (χ1) is 6.82. The Bertz CT molecular complexity index is 390. The molecule has 0 aromatic carbocycles. The number of hydrogen-bond donors (Lipinski definition) is 2. The molecule has 1 heterocycles. The number of hydrogen-bond acceptors (Lipinski definition) is 3. The van der Waals surface area contributed by atoms with Crippen LogP contribution in [0.1, 0.15) is 13.8 Å². The van der Waals surface area contributed by atoms with Gasteiger partial charge in [-0.05, 0) is 35.8 Å². The fourth-order valence-corrected chi connectivity index (χ4v) is 1.28. The Morgan fingerprint density at radius 3 is 2.80 bits per heavy atom. The molecule has 82 valence electrons. The molecule has 0 bridgehead atoms. The molecule has 2 N–H and O–H groups in total. The molecule has 1 aromatic heterocycles. The van der Waals surface area contributed by atoms with Crippen molar-refractivity contribution in [1.29, 1.82) is 0 Å². The van der Waals surface area contributed by atoms with Crippen molar-refractivity contribution in [2.75, 3.05) is 5.32 Å². The lowest BCUT2D eigenvalue weighted by Crippen LogP contribution is -2.36. The zero-order valence-corrected chi connectivity index (χ0v) is 10.6. The van der Waals surface area contributed by atoms with Crippen LogP contribution in [-0.4, -0.2) is 21.6 Å². The third kappa shape index (κ3) is 3.15. The second-order valence-corrected chi connectivity index (χ2v) is 4.63. The summed E-state index contributed by atoms with van der Waals surface area (Å²) in [5.74, 6) is -0.509. The van der Waals surface area contributed by atoms with E-state index in [1.807, 2.05) is 0 Å². The zero-order valence-electron chi connectivity index (χ0n) is 8.21. The van der Waals surface area contributed by atoms with E-state index in [9.17, 15) is 9.90 Å². The van der Waals surface area contributed by atoms with Gasteiger partial charge in [0, 0.05) is 6.20 Å². The number of aromatic nitrogens is 1. The molecule has 0 atom stereocenters. The van der Waals surface area contributed by atoms with Crippen molar-refractivity contribution in [2.45, 2.75) is 19.4 Å². The normalized spacial score (nSPS) is 11.3. The van der Waals surface area contributed by atoms with Crippen molar-refractivity contribution >= 4 is 39.1 Å². The van der Waals surface area contributed by atoms with E-state index in [0.717, 1.165) is 0 Å². The summed E-state index contributed by atoms with van der Waals surface area (Å²) in [6.45, 7) is 2.80. The van der Waals surface area contributed by atoms with Crippen molar-refractivity contribution in [2.24, 2.45) is 0 Å². The van der Waals surface area contributed by atoms with Crippen LogP contribution in [0.5, 0.6) is 0 Å². The lowest BCUT2D eigenvalue weighted by atomic mass is 10.1. The molecule has 0 aliphatic carbocycles. The van der Waals surface area contributed by atoms with Gasteiger partial charge in [0.05, 0.1) is 10.2 Å². The predicted octanol–water partition coefficient (Wildman–Crippen LogP) is 2.21. The lowest BCUT2D eigenvalue weighted by Gasteiger charge is -2.17. The third-order valence-electron chi connectivity index (χ3n) is 1.65. The highest BCUT2D eigenvalue weighted by Gasteiger charge is 2.24. The zero-order chi connectivity index (χ0) is 11.6. The van der Waals surface area contributed by atoms with Gasteiger partial charge in [0.15, 0.2) is 0 Å². The molecular weight excluding hydrogens is 283 g/mol. The van der Waals surface area contributed by atoms with Crippen molar-refractivity contribution in [3.05, 3.63) is 21.9 Å². The maximum absolute atomic E-state index is 11.5. The number of nitrogens with one attached hydrogen (secondary N) is 1. The Morgan fingerprint density at radius 1 is 1.67 bits per heavy atom. The smallest absolute Gasteiger partial charge is 0.255 e. The number of halogens is 2. The van der Waals surface area contributed by atoms with Gasteiger partial charge in [0.1, 0.15) is 10.8 Å². The summed E-state index contributed by atoms with van der Waals surface area (Å²) >= 11 is 8.92. The van der Waals surface area contributed by atoms with Crippen LogP contribution < -0.4 is 5.32 Å². The van der Waals surface area contributed by atoms with Crippen molar-refractivity contribution < 1.29 is 9.90 Å². The van der Waals surface area contributed by atoms with Crippen LogP contribution in [0.25, 0.3) is 0 Å². The third-order valence-corrected chi connectivity index (χ3v) is 2.97. The Kier molecular flexibility index (Phi) is 3.70. The molecule has 1 rings (SSSR count). The first-order valence-electron chi connectivity index (χ1n) is 4.16. The monoisotopic (exact) mass is 292 g/mol. The summed E-state index contributed by atoms with van der Waals surface area (Å²) in [6, 6.07) is 1.58. The largest absolute Gasteiger partial charge is 0.381 e. The summed E-state index contributed by atoms with van der Waals surface area (Å²) in [4.78, 5) is 15.3. The predicted molar refractivity (Wildman–Crippen MR) is 61.9 cm³/mol. The van der Waals surface area contributed by atoms with E-state index >= 15 is 0 Å². The Balaban J connectivity index is 2.91. The van der Waals surface area contributed by atoms with Gasteiger partial charge in [-0.15, -0.1) is 0 Å². The van der Waals surface area contributed by atoms with Gasteiger partial charge in [-0.2, -0.15) is 0 Å². The molecule has 0 saturated heterocycles. The van der Waals surface area contributed by atoms with Gasteiger partial charge in [0.25, 0.3) is 5.91 Å². The second kappa shape index (κ2) is 4.47. The molecule has 0 aliphatic heterocycles. The van der Waals surface area contributed by atoms with Crippen molar-refractivity contribution in [3.63, 3.8) is 0 Å². The van der Waals surface area contributed by atoms with Crippen LogP contribution in [0, 0.1) is 0 Å². The van der Waals surface area contributed by atoms with Crippen LogP contribution in [0.4, 0.5) is 5.69 Å². The molecule has 1 amide bonds. The van der Waals surface area contributed by atoms with Gasteiger partial charge in [-0.25, -0.2) is 4.98 Å². The van der Waals surface area contributed by atoms with E-state index in [0.29, 0.717) is 10.2 Å². The molecule has 1 aromatic rings. The lowest BCUT2D eigenvalue weighted by molar-refractivity contribution is -0.130. The summed E-state index contributed by atoms with van der Waals surface area (Å²) in [6.07, 6.45) is 1.47. The van der Waals surface area contributed by atoms with E-state index < -0.39 is 11.5 Å². The number of pyridine rings is 1. The van der Waals surface area contributed by atoms with Crippen LogP contribution in [0.15, 0.2) is 16.7 Å². The maximum atomic E-state index is 11.5. The highest BCUT2D eigenvalue weighted by molar-refractivity contribution is 9.10. The van der Waals surface area contributed by atoms with E-state index in [4.69, 9.17) is 11.6 Å². The topological polar surface area (TPSA) is 62.2 Å².